The number of benzene rings is 2. The van der Waals surface area contributed by atoms with Gasteiger partial charge in [0, 0.05) is 29.9 Å². The Bertz CT molecular complexity index is 1340. The zero-order valence-electron chi connectivity index (χ0n) is 25.0. The molecular formula is C33H46N2O5S. The van der Waals surface area contributed by atoms with Crippen molar-refractivity contribution in [1.82, 2.24) is 10.2 Å². The highest BCUT2D eigenvalue weighted by Gasteiger charge is 2.39. The number of hydrogen-bond acceptors (Lipinski definition) is 5. The van der Waals surface area contributed by atoms with Crippen molar-refractivity contribution in [2.75, 3.05) is 12.0 Å². The van der Waals surface area contributed by atoms with Crippen LogP contribution in [0.3, 0.4) is 0 Å². The van der Waals surface area contributed by atoms with Gasteiger partial charge in [-0.25, -0.2) is 13.2 Å². The third kappa shape index (κ3) is 8.65. The SMILES string of the molecule is Cc1ccccc1-c1cc(CN(C2CC2)C(C)(C)CC2CCCCC2)ccc1C(=O)N[C@@H](CCS(C)(=O)=O)C(=O)O. The first-order valence-corrected chi connectivity index (χ1v) is 17.1. The lowest BCUT2D eigenvalue weighted by atomic mass is 9.80. The predicted octanol–water partition coefficient (Wildman–Crippen LogP) is 5.99. The lowest BCUT2D eigenvalue weighted by molar-refractivity contribution is -0.139. The number of carbonyl (C=O) groups excluding carboxylic acids is 1. The van der Waals surface area contributed by atoms with Gasteiger partial charge >= 0.3 is 5.97 Å². The average molecular weight is 583 g/mol. The van der Waals surface area contributed by atoms with E-state index in [-0.39, 0.29) is 17.7 Å². The van der Waals surface area contributed by atoms with Crippen molar-refractivity contribution in [3.05, 3.63) is 59.2 Å². The van der Waals surface area contributed by atoms with Gasteiger partial charge in [-0.05, 0) is 86.8 Å². The van der Waals surface area contributed by atoms with E-state index in [4.69, 9.17) is 0 Å². The molecule has 0 unspecified atom stereocenters. The normalized spacial score (nSPS) is 17.4. The number of rotatable bonds is 13. The van der Waals surface area contributed by atoms with Gasteiger partial charge in [0.15, 0.2) is 0 Å². The van der Waals surface area contributed by atoms with Gasteiger partial charge in [0.1, 0.15) is 15.9 Å². The number of aliphatic carboxylic acids is 1. The quantitative estimate of drug-likeness (QED) is 0.301. The van der Waals surface area contributed by atoms with E-state index in [2.05, 4.69) is 30.1 Å². The van der Waals surface area contributed by atoms with Gasteiger partial charge in [-0.15, -0.1) is 0 Å². The number of carboxylic acids is 1. The van der Waals surface area contributed by atoms with Crippen molar-refractivity contribution < 1.29 is 23.1 Å². The molecule has 2 saturated carbocycles. The molecule has 0 saturated heterocycles. The van der Waals surface area contributed by atoms with E-state index >= 15 is 0 Å². The molecule has 0 bridgehead atoms. The predicted molar refractivity (Wildman–Crippen MR) is 164 cm³/mol. The molecule has 41 heavy (non-hydrogen) atoms. The molecule has 2 aromatic rings. The molecule has 2 aliphatic carbocycles. The summed E-state index contributed by atoms with van der Waals surface area (Å²) in [4.78, 5) is 28.0. The molecular weight excluding hydrogens is 536 g/mol. The molecule has 1 amide bonds. The van der Waals surface area contributed by atoms with Crippen LogP contribution in [0.4, 0.5) is 0 Å². The summed E-state index contributed by atoms with van der Waals surface area (Å²) in [6.07, 6.45) is 11.2. The summed E-state index contributed by atoms with van der Waals surface area (Å²) in [5.74, 6) is -1.32. The Morgan fingerprint density at radius 1 is 1.02 bits per heavy atom. The number of nitrogens with zero attached hydrogens (tertiary/aromatic N) is 1. The Kier molecular flexibility index (Phi) is 9.96. The number of nitrogens with one attached hydrogen (secondary N) is 1. The molecule has 0 heterocycles. The number of carbonyl (C=O) groups is 2. The highest BCUT2D eigenvalue weighted by atomic mass is 32.2. The average Bonchev–Trinajstić information content (AvgIpc) is 3.74. The maximum atomic E-state index is 13.5. The number of sulfone groups is 1. The van der Waals surface area contributed by atoms with E-state index < -0.39 is 27.8 Å². The van der Waals surface area contributed by atoms with Crippen LogP contribution in [0.15, 0.2) is 42.5 Å². The minimum Gasteiger partial charge on any atom is -0.480 e. The maximum absolute atomic E-state index is 13.5. The van der Waals surface area contributed by atoms with Crippen LogP contribution >= 0.6 is 0 Å². The lowest BCUT2D eigenvalue weighted by Crippen LogP contribution is -2.46. The van der Waals surface area contributed by atoms with E-state index in [9.17, 15) is 23.1 Å². The fourth-order valence-corrected chi connectivity index (χ4v) is 7.11. The summed E-state index contributed by atoms with van der Waals surface area (Å²) in [7, 11) is -3.37. The van der Waals surface area contributed by atoms with Gasteiger partial charge in [0.25, 0.3) is 5.91 Å². The van der Waals surface area contributed by atoms with Crippen molar-refractivity contribution in [3.8, 4) is 11.1 Å². The highest BCUT2D eigenvalue weighted by molar-refractivity contribution is 7.90. The summed E-state index contributed by atoms with van der Waals surface area (Å²) in [6, 6.07) is 13.0. The number of amides is 1. The van der Waals surface area contributed by atoms with Crippen LogP contribution in [-0.2, 0) is 21.2 Å². The minimum absolute atomic E-state index is 0.0658. The van der Waals surface area contributed by atoms with Gasteiger partial charge in [-0.2, -0.15) is 0 Å². The number of hydrogen-bond donors (Lipinski definition) is 2. The van der Waals surface area contributed by atoms with E-state index in [1.165, 1.54) is 51.4 Å². The Morgan fingerprint density at radius 2 is 1.71 bits per heavy atom. The van der Waals surface area contributed by atoms with Crippen LogP contribution in [0.25, 0.3) is 11.1 Å². The smallest absolute Gasteiger partial charge is 0.326 e. The minimum atomic E-state index is -3.37. The zero-order chi connectivity index (χ0) is 29.8. The molecule has 7 nitrogen and oxygen atoms in total. The fourth-order valence-electron chi connectivity index (χ4n) is 6.45. The first-order valence-electron chi connectivity index (χ1n) is 15.0. The summed E-state index contributed by atoms with van der Waals surface area (Å²) in [6.45, 7) is 7.55. The monoisotopic (exact) mass is 582 g/mol. The van der Waals surface area contributed by atoms with Crippen LogP contribution in [0.1, 0.15) is 93.1 Å². The largest absolute Gasteiger partial charge is 0.480 e. The second-order valence-electron chi connectivity index (χ2n) is 12.9. The standard InChI is InChI=1S/C33H46N2O5S/c1-23-10-8-9-13-27(23)29-20-25(14-17-28(29)31(36)34-30(32(37)38)18-19-41(4,39)40)22-35(26-15-16-26)33(2,3)21-24-11-6-5-7-12-24/h8-10,13-14,17,20,24,26,30H,5-7,11-12,15-16,18-19,21-22H2,1-4H3,(H,34,36)(H,37,38)/t30-/m0/s1. The molecule has 2 aromatic carbocycles. The Balaban J connectivity index is 1.62. The third-order valence-electron chi connectivity index (χ3n) is 8.78. The van der Waals surface area contributed by atoms with Crippen molar-refractivity contribution in [1.29, 1.82) is 0 Å². The van der Waals surface area contributed by atoms with Crippen LogP contribution in [-0.4, -0.2) is 59.9 Å². The van der Waals surface area contributed by atoms with Gasteiger partial charge in [0.2, 0.25) is 0 Å². The third-order valence-corrected chi connectivity index (χ3v) is 9.75. The fraction of sp³-hybridized carbons (Fsp3) is 0.576. The molecule has 1 atom stereocenters. The van der Waals surface area contributed by atoms with Crippen LogP contribution < -0.4 is 5.32 Å². The first-order chi connectivity index (χ1) is 19.3. The molecule has 0 aliphatic heterocycles. The second kappa shape index (κ2) is 13.1. The summed E-state index contributed by atoms with van der Waals surface area (Å²) in [5.41, 5.74) is 4.26. The van der Waals surface area contributed by atoms with E-state index in [1.54, 1.807) is 6.07 Å². The number of aryl methyl sites for hydroxylation is 1. The van der Waals surface area contributed by atoms with E-state index in [0.717, 1.165) is 41.0 Å². The number of carboxylic acid groups (broad SMARTS) is 1. The molecule has 0 spiro atoms. The van der Waals surface area contributed by atoms with Gasteiger partial charge in [-0.3, -0.25) is 9.69 Å². The second-order valence-corrected chi connectivity index (χ2v) is 15.1. The molecule has 224 valence electrons. The molecule has 2 aliphatic rings. The highest BCUT2D eigenvalue weighted by Crippen LogP contribution is 2.40. The topological polar surface area (TPSA) is 104 Å². The molecule has 0 aromatic heterocycles. The van der Waals surface area contributed by atoms with Crippen molar-refractivity contribution >= 4 is 21.7 Å². The Labute approximate surface area is 245 Å². The van der Waals surface area contributed by atoms with Crippen LogP contribution in [0.2, 0.25) is 0 Å². The zero-order valence-corrected chi connectivity index (χ0v) is 25.8. The van der Waals surface area contributed by atoms with Crippen LogP contribution in [0, 0.1) is 12.8 Å². The van der Waals surface area contributed by atoms with Crippen molar-refractivity contribution in [2.24, 2.45) is 5.92 Å². The lowest BCUT2D eigenvalue weighted by Gasteiger charge is -2.42. The van der Waals surface area contributed by atoms with E-state index in [1.807, 2.05) is 37.3 Å². The summed E-state index contributed by atoms with van der Waals surface area (Å²) >= 11 is 0. The first kappa shape index (κ1) is 31.2. The van der Waals surface area contributed by atoms with Crippen molar-refractivity contribution in [3.63, 3.8) is 0 Å². The van der Waals surface area contributed by atoms with Gasteiger partial charge in [0.05, 0.1) is 5.75 Å². The molecule has 0 radical (unpaired) electrons. The molecule has 4 rings (SSSR count). The maximum Gasteiger partial charge on any atom is 0.326 e. The summed E-state index contributed by atoms with van der Waals surface area (Å²) in [5, 5.41) is 12.3. The van der Waals surface area contributed by atoms with Crippen LogP contribution in [0.5, 0.6) is 0 Å². The Hall–Kier alpha value is -2.71. The Morgan fingerprint density at radius 3 is 2.32 bits per heavy atom. The molecule has 2 fully saturated rings. The van der Waals surface area contributed by atoms with Gasteiger partial charge in [-0.1, -0.05) is 62.4 Å². The van der Waals surface area contributed by atoms with Gasteiger partial charge < -0.3 is 10.4 Å². The summed E-state index contributed by atoms with van der Waals surface area (Å²) < 4.78 is 23.3. The van der Waals surface area contributed by atoms with E-state index in [0.29, 0.717) is 11.6 Å². The molecule has 2 N–H and O–H groups in total. The van der Waals surface area contributed by atoms with Crippen molar-refractivity contribution in [2.45, 2.75) is 103 Å². The molecule has 8 heteroatoms.